The molecule has 74 heavy (non-hydrogen) atoms. The molecule has 0 saturated carbocycles. The van der Waals surface area contributed by atoms with E-state index in [0.717, 1.165) is 18.2 Å². The van der Waals surface area contributed by atoms with Crippen LogP contribution < -0.4 is 4.90 Å². The lowest BCUT2D eigenvalue weighted by atomic mass is 9.75. The smallest absolute Gasteiger partial charge is 0.335 e. The molecule has 0 aliphatic carbocycles. The number of hydrogen-bond acceptors (Lipinski definition) is 16. The molecule has 1 atom stereocenters. The molecule has 404 valence electrons. The molecule has 4 aromatic carbocycles. The standard InChI is InChI=1S/C42H46N2O23S7/c1-41(2)35(44(16-9-19-70(53,54)55)31-24-33(73(62,63)64)29-20-25(40(45)46)21-34(74(65,66)67)37(29)39(31)41)10-5-4-6-11-36-42(3,14-7-17-68(47,48)49)38-28-22-26(71(56,57)58)23-32(72(59,60)61)27(28)12-13-30(38)43(36)15-8-18-69(50,51)52/h4-6,10-13,20-24H,7-9,14-19H2,1-3H3,(H7-,45,46,47,48,49,50,51,52,53,54,55,56,57,58,59,60,61,62,63,64,65,66,67)/p+1. The summed E-state index contributed by atoms with van der Waals surface area (Å²) in [6.07, 6.45) is 5.78. The van der Waals surface area contributed by atoms with Crippen molar-refractivity contribution in [2.45, 2.75) is 76.9 Å². The van der Waals surface area contributed by atoms with Gasteiger partial charge in [-0.15, -0.1) is 0 Å². The van der Waals surface area contributed by atoms with Gasteiger partial charge in [0.2, 0.25) is 5.69 Å². The van der Waals surface area contributed by atoms with Crippen molar-refractivity contribution in [3.63, 3.8) is 0 Å². The fourth-order valence-electron chi connectivity index (χ4n) is 9.62. The van der Waals surface area contributed by atoms with Crippen LogP contribution in [0.3, 0.4) is 0 Å². The second kappa shape index (κ2) is 19.8. The van der Waals surface area contributed by atoms with Gasteiger partial charge in [-0.1, -0.05) is 24.3 Å². The van der Waals surface area contributed by atoms with E-state index >= 15 is 0 Å². The zero-order valence-electron chi connectivity index (χ0n) is 38.7. The summed E-state index contributed by atoms with van der Waals surface area (Å²) in [4.78, 5) is 9.62. The number of hydrogen-bond donors (Lipinski definition) is 8. The van der Waals surface area contributed by atoms with Gasteiger partial charge < -0.3 is 10.0 Å². The molecular formula is C42H47N2O23S7+. The third kappa shape index (κ3) is 12.3. The molecule has 2 aliphatic heterocycles. The molecule has 25 nitrogen and oxygen atoms in total. The first-order valence-electron chi connectivity index (χ1n) is 21.3. The number of nitrogens with zero attached hydrogens (tertiary/aromatic N) is 2. The van der Waals surface area contributed by atoms with Crippen LogP contribution in [0.2, 0.25) is 0 Å². The maximum Gasteiger partial charge on any atom is 0.335 e. The molecule has 8 N–H and O–H groups in total. The quantitative estimate of drug-likeness (QED) is 0.0351. The molecule has 0 bridgehead atoms. The van der Waals surface area contributed by atoms with E-state index in [0.29, 0.717) is 12.1 Å². The van der Waals surface area contributed by atoms with Crippen LogP contribution in [-0.2, 0) is 81.7 Å². The SMILES string of the molecule is CC1(C)C(/C=C/C=C/C=C2/N(CCCS(=O)(=O)O)c3ccc4c(S(=O)(=O)O)cc(S(=O)(=O)O)cc4c3C2(C)CCCS(=O)(=O)O)=[N+](CCCS(=O)(=O)O)c2cc(S(=O)(=O)O)c3cc(C(=O)O)cc(S(=O)(=O)O)c3c21. The van der Waals surface area contributed by atoms with E-state index in [-0.39, 0.29) is 83.5 Å². The molecule has 0 aromatic heterocycles. The minimum absolute atomic E-state index is 0.0477. The summed E-state index contributed by atoms with van der Waals surface area (Å²) in [5, 5.41) is 8.19. The van der Waals surface area contributed by atoms with Gasteiger partial charge in [0.05, 0.1) is 33.1 Å². The molecule has 32 heteroatoms. The van der Waals surface area contributed by atoms with Crippen molar-refractivity contribution < 1.29 is 105 Å². The van der Waals surface area contributed by atoms with Gasteiger partial charge in [0, 0.05) is 63.6 Å². The van der Waals surface area contributed by atoms with Gasteiger partial charge in [-0.2, -0.15) is 63.5 Å². The Morgan fingerprint density at radius 3 is 1.69 bits per heavy atom. The van der Waals surface area contributed by atoms with Crippen LogP contribution in [0.15, 0.2) is 98.1 Å². The monoisotopic (exact) mass is 1170 g/mol. The number of rotatable bonds is 20. The van der Waals surface area contributed by atoms with Gasteiger partial charge in [-0.05, 0) is 87.4 Å². The summed E-state index contributed by atoms with van der Waals surface area (Å²) in [6.45, 7) is 3.95. The summed E-state index contributed by atoms with van der Waals surface area (Å²) < 4.78 is 245. The minimum atomic E-state index is -5.39. The summed E-state index contributed by atoms with van der Waals surface area (Å²) in [7, 11) is -35.0. The number of benzene rings is 4. The van der Waals surface area contributed by atoms with Crippen molar-refractivity contribution in [3.8, 4) is 0 Å². The average Bonchev–Trinajstić information content (AvgIpc) is 3.58. The second-order valence-corrected chi connectivity index (χ2v) is 28.3. The Morgan fingerprint density at radius 2 is 1.15 bits per heavy atom. The Hall–Kier alpha value is -5.07. The predicted molar refractivity (Wildman–Crippen MR) is 266 cm³/mol. The maximum atomic E-state index is 13.0. The maximum absolute atomic E-state index is 13.0. The molecule has 6 rings (SSSR count). The van der Waals surface area contributed by atoms with E-state index < -0.39 is 141 Å². The second-order valence-electron chi connectivity index (χ2n) is 18.0. The number of carboxylic acids is 1. The van der Waals surface area contributed by atoms with Crippen LogP contribution in [0.1, 0.15) is 67.9 Å². The number of carboxylic acid groups (broad SMARTS) is 1. The van der Waals surface area contributed by atoms with Crippen LogP contribution in [0.5, 0.6) is 0 Å². The van der Waals surface area contributed by atoms with Crippen molar-refractivity contribution in [1.82, 2.24) is 0 Å². The Bertz CT molecular complexity index is 4030. The van der Waals surface area contributed by atoms with Crippen LogP contribution >= 0.6 is 0 Å². The van der Waals surface area contributed by atoms with Crippen molar-refractivity contribution in [1.29, 1.82) is 0 Å². The van der Waals surface area contributed by atoms with E-state index in [4.69, 9.17) is 0 Å². The fourth-order valence-corrected chi connectivity index (χ4v) is 13.9. The number of aromatic carboxylic acids is 1. The Kier molecular flexibility index (Phi) is 15.6. The Balaban J connectivity index is 1.61. The highest BCUT2D eigenvalue weighted by Crippen LogP contribution is 2.54. The van der Waals surface area contributed by atoms with Gasteiger partial charge in [-0.3, -0.25) is 31.9 Å². The van der Waals surface area contributed by atoms with Crippen LogP contribution in [0, 0.1) is 0 Å². The first-order valence-corrected chi connectivity index (χ1v) is 31.9. The lowest BCUT2D eigenvalue weighted by molar-refractivity contribution is -0.437. The van der Waals surface area contributed by atoms with Crippen molar-refractivity contribution in [3.05, 3.63) is 95.2 Å². The van der Waals surface area contributed by atoms with Gasteiger partial charge in [0.1, 0.15) is 21.2 Å². The Morgan fingerprint density at radius 1 is 0.595 bits per heavy atom. The average molecular weight is 1170 g/mol. The highest BCUT2D eigenvalue weighted by molar-refractivity contribution is 7.87. The first kappa shape index (κ1) is 58.2. The summed E-state index contributed by atoms with van der Waals surface area (Å²) in [5.74, 6) is -4.19. The topological polar surface area (TPSA) is 424 Å². The molecule has 2 heterocycles. The molecule has 2 aliphatic rings. The molecule has 0 radical (unpaired) electrons. The van der Waals surface area contributed by atoms with E-state index in [1.54, 1.807) is 0 Å². The van der Waals surface area contributed by atoms with Crippen LogP contribution in [-0.4, -0.2) is 143 Å². The number of allylic oxidation sites excluding steroid dienone is 6. The zero-order chi connectivity index (χ0) is 55.7. The van der Waals surface area contributed by atoms with Gasteiger partial charge in [0.25, 0.3) is 70.8 Å². The molecule has 0 saturated heterocycles. The highest BCUT2D eigenvalue weighted by Gasteiger charge is 2.49. The lowest BCUT2D eigenvalue weighted by Crippen LogP contribution is -2.30. The van der Waals surface area contributed by atoms with Gasteiger partial charge in [0.15, 0.2) is 5.71 Å². The zero-order valence-corrected chi connectivity index (χ0v) is 44.5. The normalized spacial score (nSPS) is 18.4. The van der Waals surface area contributed by atoms with E-state index in [1.807, 2.05) is 0 Å². The van der Waals surface area contributed by atoms with Gasteiger partial charge >= 0.3 is 5.97 Å². The predicted octanol–water partition coefficient (Wildman–Crippen LogP) is 4.05. The Labute approximate surface area is 425 Å². The third-order valence-electron chi connectivity index (χ3n) is 12.5. The van der Waals surface area contributed by atoms with E-state index in [1.165, 1.54) is 72.8 Å². The molecular weight excluding hydrogens is 1120 g/mol. The first-order chi connectivity index (χ1) is 33.6. The highest BCUT2D eigenvalue weighted by atomic mass is 32.2. The van der Waals surface area contributed by atoms with E-state index in [2.05, 4.69) is 0 Å². The molecule has 0 fully saturated rings. The van der Waals surface area contributed by atoms with Crippen molar-refractivity contribution in [2.75, 3.05) is 35.2 Å². The summed E-state index contributed by atoms with van der Waals surface area (Å²) in [6, 6.07) is 6.18. The fraction of sp³-hybridized carbons (Fsp3) is 0.333. The number of carbonyl (C=O) groups is 1. The third-order valence-corrected chi connectivity index (χ3v) is 18.4. The summed E-state index contributed by atoms with van der Waals surface area (Å²) in [5.41, 5.74) is -3.45. The molecule has 0 amide bonds. The van der Waals surface area contributed by atoms with Gasteiger partial charge in [-0.25, -0.2) is 4.79 Å². The molecule has 1 unspecified atom stereocenters. The van der Waals surface area contributed by atoms with E-state index in [9.17, 15) is 101 Å². The van der Waals surface area contributed by atoms with Crippen molar-refractivity contribution >= 4 is 115 Å². The van der Waals surface area contributed by atoms with Crippen molar-refractivity contribution in [2.24, 2.45) is 0 Å². The number of fused-ring (bicyclic) bond motifs is 6. The van der Waals surface area contributed by atoms with Crippen LogP contribution in [0.4, 0.5) is 11.4 Å². The summed E-state index contributed by atoms with van der Waals surface area (Å²) >= 11 is 0. The lowest BCUT2D eigenvalue weighted by Gasteiger charge is -2.31. The largest absolute Gasteiger partial charge is 0.478 e. The van der Waals surface area contributed by atoms with Crippen LogP contribution in [0.25, 0.3) is 21.5 Å². The minimum Gasteiger partial charge on any atom is -0.478 e. The molecule has 4 aromatic rings. The number of anilines is 1. The molecule has 0 spiro atoms.